The summed E-state index contributed by atoms with van der Waals surface area (Å²) in [6, 6.07) is 11.6. The van der Waals surface area contributed by atoms with Gasteiger partial charge in [-0.15, -0.1) is 0 Å². The molecule has 2 amide bonds. The van der Waals surface area contributed by atoms with Crippen molar-refractivity contribution in [1.29, 1.82) is 0 Å². The number of carbonyl (C=O) groups excluding carboxylic acids is 1. The molecule has 0 saturated heterocycles. The number of aromatic hydroxyl groups is 1. The average Bonchev–Trinajstić information content (AvgIpc) is 2.85. The number of nitrogens with zero attached hydrogens (tertiary/aromatic N) is 1. The van der Waals surface area contributed by atoms with Gasteiger partial charge in [0.15, 0.2) is 5.82 Å². The van der Waals surface area contributed by atoms with Crippen LogP contribution in [0.2, 0.25) is 0 Å². The molecule has 0 saturated carbocycles. The Hall–Kier alpha value is -3.02. The molecule has 0 fully saturated rings. The van der Waals surface area contributed by atoms with Gasteiger partial charge in [-0.05, 0) is 19.1 Å². The lowest BCUT2D eigenvalue weighted by molar-refractivity contribution is 0.262. The Labute approximate surface area is 120 Å². The summed E-state index contributed by atoms with van der Waals surface area (Å²) >= 11 is 0. The van der Waals surface area contributed by atoms with Crippen LogP contribution in [0, 0.1) is 6.92 Å². The number of hydrogen-bond donors (Lipinski definition) is 3. The molecule has 0 bridgehead atoms. The van der Waals surface area contributed by atoms with Crippen molar-refractivity contribution in [3.63, 3.8) is 0 Å². The zero-order valence-corrected chi connectivity index (χ0v) is 11.3. The van der Waals surface area contributed by atoms with Gasteiger partial charge >= 0.3 is 6.03 Å². The zero-order chi connectivity index (χ0) is 14.8. The summed E-state index contributed by atoms with van der Waals surface area (Å²) in [7, 11) is 0. The summed E-state index contributed by atoms with van der Waals surface area (Å²) < 4.78 is 4.88. The van der Waals surface area contributed by atoms with E-state index >= 15 is 0 Å². The summed E-state index contributed by atoms with van der Waals surface area (Å²) in [6.45, 7) is 1.74. The van der Waals surface area contributed by atoms with Gasteiger partial charge in [0.25, 0.3) is 0 Å². The lowest BCUT2D eigenvalue weighted by atomic mass is 10.1. The summed E-state index contributed by atoms with van der Waals surface area (Å²) in [6.07, 6.45) is 0. The minimum absolute atomic E-state index is 0.170. The molecular formula is C15H13N3O3. The van der Waals surface area contributed by atoms with Crippen LogP contribution in [0.15, 0.2) is 47.0 Å². The van der Waals surface area contributed by atoms with Crippen molar-refractivity contribution in [2.75, 3.05) is 10.6 Å². The molecule has 6 nitrogen and oxygen atoms in total. The van der Waals surface area contributed by atoms with Gasteiger partial charge in [-0.1, -0.05) is 29.4 Å². The monoisotopic (exact) mass is 283 g/mol. The van der Waals surface area contributed by atoms with Crippen molar-refractivity contribution in [2.45, 2.75) is 6.92 Å². The molecule has 1 aromatic heterocycles. The number of phenols is 1. The number of amides is 2. The number of urea groups is 1. The fourth-order valence-corrected chi connectivity index (χ4v) is 2.10. The van der Waals surface area contributed by atoms with E-state index in [0.29, 0.717) is 22.7 Å². The third kappa shape index (κ3) is 2.64. The van der Waals surface area contributed by atoms with E-state index in [2.05, 4.69) is 15.8 Å². The molecule has 3 N–H and O–H groups in total. The Kier molecular flexibility index (Phi) is 3.19. The van der Waals surface area contributed by atoms with E-state index in [-0.39, 0.29) is 5.75 Å². The van der Waals surface area contributed by atoms with Gasteiger partial charge in [-0.25, -0.2) is 4.79 Å². The second kappa shape index (κ2) is 5.16. The summed E-state index contributed by atoms with van der Waals surface area (Å²) in [4.78, 5) is 12.0. The highest BCUT2D eigenvalue weighted by Gasteiger charge is 2.09. The Balaban J connectivity index is 1.84. The number of rotatable bonds is 2. The van der Waals surface area contributed by atoms with Crippen molar-refractivity contribution in [2.24, 2.45) is 0 Å². The van der Waals surface area contributed by atoms with Crippen molar-refractivity contribution in [3.8, 4) is 5.75 Å². The number of nitrogens with one attached hydrogen (secondary N) is 2. The molecule has 0 aliphatic rings. The van der Waals surface area contributed by atoms with Gasteiger partial charge in [-0.2, -0.15) is 0 Å². The predicted octanol–water partition coefficient (Wildman–Crippen LogP) is 3.49. The molecule has 0 aliphatic heterocycles. The van der Waals surface area contributed by atoms with Gasteiger partial charge < -0.3 is 14.9 Å². The molecule has 3 aromatic rings. The van der Waals surface area contributed by atoms with Crippen LogP contribution in [0.1, 0.15) is 5.76 Å². The van der Waals surface area contributed by atoms with Gasteiger partial charge in [0.2, 0.25) is 0 Å². The van der Waals surface area contributed by atoms with Gasteiger partial charge in [0, 0.05) is 16.8 Å². The Morgan fingerprint density at radius 2 is 1.90 bits per heavy atom. The van der Waals surface area contributed by atoms with Gasteiger partial charge in [-0.3, -0.25) is 5.32 Å². The second-order valence-electron chi connectivity index (χ2n) is 4.58. The van der Waals surface area contributed by atoms with Crippen LogP contribution in [0.4, 0.5) is 16.3 Å². The molecule has 0 radical (unpaired) electrons. The van der Waals surface area contributed by atoms with E-state index in [1.807, 2.05) is 6.07 Å². The summed E-state index contributed by atoms with van der Waals surface area (Å²) in [5, 5.41) is 20.2. The Morgan fingerprint density at radius 1 is 1.14 bits per heavy atom. The molecule has 0 aliphatic carbocycles. The maximum absolute atomic E-state index is 12.0. The van der Waals surface area contributed by atoms with Crippen molar-refractivity contribution in [3.05, 3.63) is 48.2 Å². The first-order valence-electron chi connectivity index (χ1n) is 6.35. The molecule has 0 spiro atoms. The maximum atomic E-state index is 12.0. The topological polar surface area (TPSA) is 87.4 Å². The fraction of sp³-hybridized carbons (Fsp3) is 0.0667. The van der Waals surface area contributed by atoms with Gasteiger partial charge in [0.05, 0.1) is 5.69 Å². The number of anilines is 2. The maximum Gasteiger partial charge on any atom is 0.324 e. The first-order chi connectivity index (χ1) is 10.1. The van der Waals surface area contributed by atoms with E-state index in [9.17, 15) is 9.90 Å². The van der Waals surface area contributed by atoms with Crippen LogP contribution in [-0.4, -0.2) is 16.3 Å². The molecule has 106 valence electrons. The molecule has 1 heterocycles. The number of carbonyl (C=O) groups is 1. The van der Waals surface area contributed by atoms with E-state index in [0.717, 1.165) is 5.39 Å². The second-order valence-corrected chi connectivity index (χ2v) is 4.58. The van der Waals surface area contributed by atoms with Crippen LogP contribution >= 0.6 is 0 Å². The fourth-order valence-electron chi connectivity index (χ4n) is 2.10. The van der Waals surface area contributed by atoms with Crippen LogP contribution in [0.5, 0.6) is 5.75 Å². The van der Waals surface area contributed by atoms with E-state index in [4.69, 9.17) is 4.52 Å². The van der Waals surface area contributed by atoms with E-state index in [1.54, 1.807) is 43.3 Å². The number of aryl methyl sites for hydroxylation is 1. The predicted molar refractivity (Wildman–Crippen MR) is 79.5 cm³/mol. The molecule has 0 unspecified atom stereocenters. The van der Waals surface area contributed by atoms with Crippen LogP contribution in [0.3, 0.4) is 0 Å². The Bertz CT molecular complexity index is 811. The standard InChI is InChI=1S/C15H13N3O3/c1-9-8-14(18-21-9)17-15(20)16-12-6-2-5-11-10(12)4-3-7-13(11)19/h2-8,19H,1H3,(H2,16,17,18,20). The average molecular weight is 283 g/mol. The molecular weight excluding hydrogens is 270 g/mol. The van der Waals surface area contributed by atoms with Crippen LogP contribution in [0.25, 0.3) is 10.8 Å². The molecule has 0 atom stereocenters. The van der Waals surface area contributed by atoms with Crippen molar-refractivity contribution < 1.29 is 14.4 Å². The van der Waals surface area contributed by atoms with Crippen molar-refractivity contribution >= 4 is 28.3 Å². The van der Waals surface area contributed by atoms with Crippen LogP contribution < -0.4 is 10.6 Å². The largest absolute Gasteiger partial charge is 0.507 e. The number of aromatic nitrogens is 1. The quantitative estimate of drug-likeness (QED) is 0.671. The summed E-state index contributed by atoms with van der Waals surface area (Å²) in [5.41, 5.74) is 0.598. The highest BCUT2D eigenvalue weighted by molar-refractivity contribution is 6.06. The zero-order valence-electron chi connectivity index (χ0n) is 11.3. The minimum atomic E-state index is -0.431. The lowest BCUT2D eigenvalue weighted by Crippen LogP contribution is -2.19. The van der Waals surface area contributed by atoms with Gasteiger partial charge in [0.1, 0.15) is 11.5 Å². The molecule has 21 heavy (non-hydrogen) atoms. The van der Waals surface area contributed by atoms with E-state index in [1.165, 1.54) is 0 Å². The number of benzene rings is 2. The van der Waals surface area contributed by atoms with Crippen molar-refractivity contribution in [1.82, 2.24) is 5.16 Å². The van der Waals surface area contributed by atoms with E-state index < -0.39 is 6.03 Å². The Morgan fingerprint density at radius 3 is 2.67 bits per heavy atom. The third-order valence-electron chi connectivity index (χ3n) is 3.02. The smallest absolute Gasteiger partial charge is 0.324 e. The first-order valence-corrected chi connectivity index (χ1v) is 6.35. The SMILES string of the molecule is Cc1cc(NC(=O)Nc2cccc3c(O)cccc23)no1. The highest BCUT2D eigenvalue weighted by atomic mass is 16.5. The van der Waals surface area contributed by atoms with Crippen LogP contribution in [-0.2, 0) is 0 Å². The lowest BCUT2D eigenvalue weighted by Gasteiger charge is -2.09. The normalized spacial score (nSPS) is 10.5. The summed E-state index contributed by atoms with van der Waals surface area (Å²) in [5.74, 6) is 1.12. The number of fused-ring (bicyclic) bond motifs is 1. The molecule has 3 rings (SSSR count). The first kappa shape index (κ1) is 13.0. The number of hydrogen-bond acceptors (Lipinski definition) is 4. The number of phenolic OH excluding ortho intramolecular Hbond substituents is 1. The molecule has 6 heteroatoms. The highest BCUT2D eigenvalue weighted by Crippen LogP contribution is 2.29. The minimum Gasteiger partial charge on any atom is -0.507 e. The molecule has 2 aromatic carbocycles. The third-order valence-corrected chi connectivity index (χ3v) is 3.02.